The highest BCUT2D eigenvalue weighted by Gasteiger charge is 2.43. The minimum absolute atomic E-state index is 0.0392. The molecule has 1 aromatic carbocycles. The third-order valence-corrected chi connectivity index (χ3v) is 3.82. The molecule has 3 rings (SSSR count). The average Bonchev–Trinajstić information content (AvgIpc) is 2.52. The number of nitrogens with zero attached hydrogens (tertiary/aromatic N) is 4. The summed E-state index contributed by atoms with van der Waals surface area (Å²) >= 11 is 0. The van der Waals surface area contributed by atoms with Crippen LogP contribution in [0.2, 0.25) is 0 Å². The predicted molar refractivity (Wildman–Crippen MR) is 77.2 cm³/mol. The van der Waals surface area contributed by atoms with E-state index < -0.39 is 30.8 Å². The van der Waals surface area contributed by atoms with Crippen LogP contribution in [0.4, 0.5) is 14.5 Å². The molecule has 0 saturated carbocycles. The van der Waals surface area contributed by atoms with Crippen LogP contribution >= 0.6 is 0 Å². The molecule has 1 fully saturated rings. The number of carboxylic acids is 1. The number of aromatic nitrogens is 2. The standard InChI is InChI=1S/C15H12F2N4O2/c16-15(17)5-10(14(22)23)7-21(8-15)11-2-1-9(6-18)12-13(11)20-4-3-19-12/h1-4,10H,5,7-8H2,(H,22,23). The van der Waals surface area contributed by atoms with E-state index in [-0.39, 0.29) is 12.1 Å². The highest BCUT2D eigenvalue weighted by Crippen LogP contribution is 2.35. The smallest absolute Gasteiger partial charge is 0.308 e. The number of hydrogen-bond donors (Lipinski definition) is 1. The summed E-state index contributed by atoms with van der Waals surface area (Å²) in [6, 6.07) is 4.97. The Labute approximate surface area is 130 Å². The minimum atomic E-state index is -3.11. The maximum atomic E-state index is 13.9. The summed E-state index contributed by atoms with van der Waals surface area (Å²) in [6.07, 6.45) is 2.14. The number of rotatable bonds is 2. The Bertz CT molecular complexity index is 819. The molecule has 0 spiro atoms. The summed E-state index contributed by atoms with van der Waals surface area (Å²) in [4.78, 5) is 20.7. The molecule has 23 heavy (non-hydrogen) atoms. The number of benzene rings is 1. The first kappa shape index (κ1) is 15.1. The number of carboxylic acid groups (broad SMARTS) is 1. The maximum absolute atomic E-state index is 13.9. The van der Waals surface area contributed by atoms with E-state index in [9.17, 15) is 13.6 Å². The van der Waals surface area contributed by atoms with Crippen molar-refractivity contribution in [1.82, 2.24) is 9.97 Å². The van der Waals surface area contributed by atoms with Gasteiger partial charge in [0.2, 0.25) is 0 Å². The van der Waals surface area contributed by atoms with Gasteiger partial charge >= 0.3 is 5.97 Å². The quantitative estimate of drug-likeness (QED) is 0.911. The number of alkyl halides is 2. The highest BCUT2D eigenvalue weighted by molar-refractivity contribution is 5.92. The molecule has 118 valence electrons. The summed E-state index contributed by atoms with van der Waals surface area (Å²) in [5.41, 5.74) is 1.27. The molecule has 1 N–H and O–H groups in total. The number of anilines is 1. The van der Waals surface area contributed by atoms with E-state index in [0.29, 0.717) is 16.7 Å². The molecule has 1 saturated heterocycles. The summed E-state index contributed by atoms with van der Waals surface area (Å²) in [5.74, 6) is -5.52. The van der Waals surface area contributed by atoms with E-state index in [4.69, 9.17) is 10.4 Å². The van der Waals surface area contributed by atoms with Gasteiger partial charge in [-0.2, -0.15) is 5.26 Å². The van der Waals surface area contributed by atoms with Crippen molar-refractivity contribution in [3.63, 3.8) is 0 Å². The molecule has 0 aliphatic carbocycles. The largest absolute Gasteiger partial charge is 0.481 e. The number of halogens is 2. The summed E-state index contributed by atoms with van der Waals surface area (Å²) in [7, 11) is 0. The Kier molecular flexibility index (Phi) is 3.56. The van der Waals surface area contributed by atoms with Crippen LogP contribution in [-0.4, -0.2) is 40.1 Å². The van der Waals surface area contributed by atoms with Gasteiger partial charge in [0.05, 0.1) is 23.7 Å². The molecule has 1 aliphatic rings. The van der Waals surface area contributed by atoms with Crippen LogP contribution in [0.25, 0.3) is 11.0 Å². The first-order valence-corrected chi connectivity index (χ1v) is 6.91. The van der Waals surface area contributed by atoms with Crippen molar-refractivity contribution < 1.29 is 18.7 Å². The average molecular weight is 318 g/mol. The van der Waals surface area contributed by atoms with Gasteiger partial charge in [0.1, 0.15) is 17.1 Å². The van der Waals surface area contributed by atoms with Gasteiger partial charge in [-0.3, -0.25) is 14.8 Å². The molecular weight excluding hydrogens is 306 g/mol. The van der Waals surface area contributed by atoms with Crippen molar-refractivity contribution in [1.29, 1.82) is 5.26 Å². The second kappa shape index (κ2) is 5.43. The zero-order valence-electron chi connectivity index (χ0n) is 11.9. The fourth-order valence-corrected chi connectivity index (χ4v) is 2.84. The Balaban J connectivity index is 2.09. The van der Waals surface area contributed by atoms with Gasteiger partial charge in [-0.1, -0.05) is 0 Å². The van der Waals surface area contributed by atoms with Gasteiger partial charge in [-0.05, 0) is 12.1 Å². The molecule has 8 heteroatoms. The molecule has 1 atom stereocenters. The second-order valence-corrected chi connectivity index (χ2v) is 5.47. The Morgan fingerprint density at radius 2 is 2.04 bits per heavy atom. The zero-order valence-corrected chi connectivity index (χ0v) is 11.9. The lowest BCUT2D eigenvalue weighted by Gasteiger charge is -2.37. The van der Waals surface area contributed by atoms with Crippen LogP contribution in [0.1, 0.15) is 12.0 Å². The number of piperidine rings is 1. The van der Waals surface area contributed by atoms with Crippen molar-refractivity contribution in [3.05, 3.63) is 30.1 Å². The topological polar surface area (TPSA) is 90.1 Å². The number of hydrogen-bond acceptors (Lipinski definition) is 5. The fraction of sp³-hybridized carbons (Fsp3) is 0.333. The molecule has 0 amide bonds. The minimum Gasteiger partial charge on any atom is -0.481 e. The third-order valence-electron chi connectivity index (χ3n) is 3.82. The Hall–Kier alpha value is -2.82. The van der Waals surface area contributed by atoms with Crippen LogP contribution in [0.5, 0.6) is 0 Å². The van der Waals surface area contributed by atoms with Crippen molar-refractivity contribution in [2.75, 3.05) is 18.0 Å². The van der Waals surface area contributed by atoms with E-state index in [1.165, 1.54) is 29.4 Å². The molecule has 2 aromatic rings. The van der Waals surface area contributed by atoms with Gasteiger partial charge in [0, 0.05) is 25.4 Å². The molecule has 2 heterocycles. The zero-order chi connectivity index (χ0) is 16.6. The van der Waals surface area contributed by atoms with Gasteiger partial charge in [0.25, 0.3) is 5.92 Å². The van der Waals surface area contributed by atoms with Gasteiger partial charge in [-0.25, -0.2) is 8.78 Å². The molecular formula is C15H12F2N4O2. The fourth-order valence-electron chi connectivity index (χ4n) is 2.84. The van der Waals surface area contributed by atoms with E-state index >= 15 is 0 Å². The normalized spacial score (nSPS) is 20.2. The number of carbonyl (C=O) groups is 1. The third kappa shape index (κ3) is 2.77. The van der Waals surface area contributed by atoms with Gasteiger partial charge in [0.15, 0.2) is 0 Å². The Morgan fingerprint density at radius 1 is 1.35 bits per heavy atom. The van der Waals surface area contributed by atoms with Crippen LogP contribution in [-0.2, 0) is 4.79 Å². The number of fused-ring (bicyclic) bond motifs is 1. The highest BCUT2D eigenvalue weighted by atomic mass is 19.3. The van der Waals surface area contributed by atoms with Gasteiger partial charge in [-0.15, -0.1) is 0 Å². The second-order valence-electron chi connectivity index (χ2n) is 5.47. The Morgan fingerprint density at radius 3 is 2.70 bits per heavy atom. The van der Waals surface area contributed by atoms with Crippen LogP contribution < -0.4 is 4.90 Å². The van der Waals surface area contributed by atoms with Crippen molar-refractivity contribution >= 4 is 22.7 Å². The first-order valence-electron chi connectivity index (χ1n) is 6.91. The van der Waals surface area contributed by atoms with Gasteiger partial charge < -0.3 is 10.0 Å². The van der Waals surface area contributed by atoms with Crippen LogP contribution in [0.15, 0.2) is 24.5 Å². The summed E-state index contributed by atoms with van der Waals surface area (Å²) < 4.78 is 27.8. The molecule has 1 unspecified atom stereocenters. The van der Waals surface area contributed by atoms with E-state index in [1.54, 1.807) is 0 Å². The van der Waals surface area contributed by atoms with Crippen molar-refractivity contribution in [2.45, 2.75) is 12.3 Å². The SMILES string of the molecule is N#Cc1ccc(N2CC(C(=O)O)CC(F)(F)C2)c2nccnc12. The van der Waals surface area contributed by atoms with E-state index in [1.807, 2.05) is 6.07 Å². The lowest BCUT2D eigenvalue weighted by molar-refractivity contribution is -0.146. The van der Waals surface area contributed by atoms with Crippen LogP contribution in [0, 0.1) is 17.2 Å². The first-order chi connectivity index (χ1) is 10.9. The lowest BCUT2D eigenvalue weighted by atomic mass is 9.94. The van der Waals surface area contributed by atoms with E-state index in [0.717, 1.165) is 0 Å². The van der Waals surface area contributed by atoms with E-state index in [2.05, 4.69) is 9.97 Å². The summed E-state index contributed by atoms with van der Waals surface area (Å²) in [6.45, 7) is -0.628. The van der Waals surface area contributed by atoms with Crippen molar-refractivity contribution in [2.24, 2.45) is 5.92 Å². The molecule has 0 bridgehead atoms. The molecule has 6 nitrogen and oxygen atoms in total. The monoisotopic (exact) mass is 318 g/mol. The molecule has 1 aliphatic heterocycles. The van der Waals surface area contributed by atoms with Crippen LogP contribution in [0.3, 0.4) is 0 Å². The molecule has 1 aromatic heterocycles. The molecule has 0 radical (unpaired) electrons. The van der Waals surface area contributed by atoms with Crippen molar-refractivity contribution in [3.8, 4) is 6.07 Å². The number of nitriles is 1. The maximum Gasteiger partial charge on any atom is 0.308 e. The lowest BCUT2D eigenvalue weighted by Crippen LogP contribution is -2.49. The summed E-state index contributed by atoms with van der Waals surface area (Å²) in [5, 5.41) is 18.2. The predicted octanol–water partition coefficient (Wildman–Crippen LogP) is 2.05. The number of aliphatic carboxylic acids is 1.